The maximum absolute atomic E-state index is 6.19. The van der Waals surface area contributed by atoms with Crippen LogP contribution in [-0.2, 0) is 0 Å². The van der Waals surface area contributed by atoms with Crippen molar-refractivity contribution in [3.8, 4) is 0 Å². The van der Waals surface area contributed by atoms with Crippen molar-refractivity contribution in [2.24, 2.45) is 23.6 Å². The second-order valence-corrected chi connectivity index (χ2v) is 5.90. The van der Waals surface area contributed by atoms with Gasteiger partial charge in [-0.15, -0.1) is 0 Å². The summed E-state index contributed by atoms with van der Waals surface area (Å²) in [6, 6.07) is 6.58. The molecule has 3 rings (SSSR count). The van der Waals surface area contributed by atoms with Crippen LogP contribution in [0.2, 0.25) is 5.02 Å². The van der Waals surface area contributed by atoms with Crippen LogP contribution in [0.25, 0.3) is 0 Å². The van der Waals surface area contributed by atoms with Crippen LogP contribution >= 0.6 is 11.6 Å². The van der Waals surface area contributed by atoms with Crippen LogP contribution in [0.4, 0.5) is 0 Å². The summed E-state index contributed by atoms with van der Waals surface area (Å²) in [6.45, 7) is 2.03. The number of hydrazine groups is 1. The predicted molar refractivity (Wildman–Crippen MR) is 70.6 cm³/mol. The third-order valence-corrected chi connectivity index (χ3v) is 5.00. The summed E-state index contributed by atoms with van der Waals surface area (Å²) in [6.07, 6.45) is 4.16. The fourth-order valence-corrected chi connectivity index (χ4v) is 3.79. The number of hydrogen-bond donors (Lipinski definition) is 2. The fraction of sp³-hybridized carbons (Fsp3) is 0.571. The number of halogens is 1. The second kappa shape index (κ2) is 4.27. The quantitative estimate of drug-likeness (QED) is 0.639. The summed E-state index contributed by atoms with van der Waals surface area (Å²) in [4.78, 5) is 0. The van der Waals surface area contributed by atoms with Crippen molar-refractivity contribution in [1.29, 1.82) is 0 Å². The van der Waals surface area contributed by atoms with Crippen molar-refractivity contribution >= 4 is 11.6 Å². The Morgan fingerprint density at radius 3 is 2.65 bits per heavy atom. The minimum absolute atomic E-state index is 0.281. The zero-order valence-corrected chi connectivity index (χ0v) is 10.9. The molecule has 3 N–H and O–H groups in total. The maximum atomic E-state index is 6.19. The minimum Gasteiger partial charge on any atom is -0.271 e. The van der Waals surface area contributed by atoms with Crippen molar-refractivity contribution in [1.82, 2.24) is 5.43 Å². The van der Waals surface area contributed by atoms with E-state index >= 15 is 0 Å². The van der Waals surface area contributed by atoms with Gasteiger partial charge in [0, 0.05) is 11.1 Å². The van der Waals surface area contributed by atoms with E-state index < -0.39 is 0 Å². The molecule has 0 heterocycles. The standard InChI is InChI=1S/C14H19ClN2/c1-8-5-6-9(7-12(8)15)14(17-16)13-10-3-2-4-11(10)13/h5-7,10-11,13-14,17H,2-4,16H2,1H3. The first-order chi connectivity index (χ1) is 8.22. The summed E-state index contributed by atoms with van der Waals surface area (Å²) >= 11 is 6.19. The Kier molecular flexibility index (Phi) is 2.89. The molecule has 2 saturated carbocycles. The van der Waals surface area contributed by atoms with Crippen LogP contribution in [0, 0.1) is 24.7 Å². The molecule has 2 aliphatic rings. The van der Waals surface area contributed by atoms with Crippen LogP contribution in [0.1, 0.15) is 36.4 Å². The number of benzene rings is 1. The van der Waals surface area contributed by atoms with E-state index in [0.717, 1.165) is 28.3 Å². The number of nitrogens with two attached hydrogens (primary N) is 1. The fourth-order valence-electron chi connectivity index (χ4n) is 3.60. The molecule has 92 valence electrons. The van der Waals surface area contributed by atoms with E-state index in [1.807, 2.05) is 6.92 Å². The van der Waals surface area contributed by atoms with E-state index in [4.69, 9.17) is 17.4 Å². The lowest BCUT2D eigenvalue weighted by Gasteiger charge is -2.19. The molecule has 3 heteroatoms. The molecule has 17 heavy (non-hydrogen) atoms. The number of hydrogen-bond acceptors (Lipinski definition) is 2. The lowest BCUT2D eigenvalue weighted by atomic mass is 9.97. The van der Waals surface area contributed by atoms with Crippen molar-refractivity contribution < 1.29 is 0 Å². The van der Waals surface area contributed by atoms with Gasteiger partial charge in [-0.3, -0.25) is 11.3 Å². The monoisotopic (exact) mass is 250 g/mol. The van der Waals surface area contributed by atoms with Gasteiger partial charge in [0.05, 0.1) is 0 Å². The molecule has 2 nitrogen and oxygen atoms in total. The molecule has 1 aromatic rings. The van der Waals surface area contributed by atoms with Crippen molar-refractivity contribution in [3.05, 3.63) is 34.3 Å². The molecule has 2 fully saturated rings. The van der Waals surface area contributed by atoms with Gasteiger partial charge in [0.25, 0.3) is 0 Å². The molecule has 2 aliphatic carbocycles. The molecule has 3 unspecified atom stereocenters. The summed E-state index contributed by atoms with van der Waals surface area (Å²) in [5.41, 5.74) is 5.36. The van der Waals surface area contributed by atoms with E-state index in [2.05, 4.69) is 23.6 Å². The number of aryl methyl sites for hydroxylation is 1. The molecular weight excluding hydrogens is 232 g/mol. The van der Waals surface area contributed by atoms with Gasteiger partial charge in [-0.2, -0.15) is 0 Å². The van der Waals surface area contributed by atoms with Crippen LogP contribution in [0.15, 0.2) is 18.2 Å². The van der Waals surface area contributed by atoms with E-state index in [1.165, 1.54) is 24.8 Å². The van der Waals surface area contributed by atoms with Gasteiger partial charge in [0.2, 0.25) is 0 Å². The SMILES string of the molecule is Cc1ccc(C(NN)C2C3CCCC32)cc1Cl. The van der Waals surface area contributed by atoms with Crippen molar-refractivity contribution in [2.45, 2.75) is 32.2 Å². The Labute approximate surface area is 108 Å². The lowest BCUT2D eigenvalue weighted by Crippen LogP contribution is -2.30. The molecule has 3 atom stereocenters. The number of nitrogens with one attached hydrogen (secondary N) is 1. The molecule has 1 aromatic carbocycles. The average molecular weight is 251 g/mol. The third-order valence-electron chi connectivity index (χ3n) is 4.59. The lowest BCUT2D eigenvalue weighted by molar-refractivity contribution is 0.425. The molecule has 0 radical (unpaired) electrons. The van der Waals surface area contributed by atoms with E-state index in [0.29, 0.717) is 0 Å². The molecular formula is C14H19ClN2. The first-order valence-corrected chi connectivity index (χ1v) is 6.82. The highest BCUT2D eigenvalue weighted by molar-refractivity contribution is 6.31. The van der Waals surface area contributed by atoms with Gasteiger partial charge >= 0.3 is 0 Å². The molecule has 0 spiro atoms. The Hall–Kier alpha value is -0.570. The molecule has 0 aliphatic heterocycles. The Balaban J connectivity index is 1.83. The van der Waals surface area contributed by atoms with Crippen LogP contribution in [-0.4, -0.2) is 0 Å². The van der Waals surface area contributed by atoms with Gasteiger partial charge in [-0.05, 0) is 54.7 Å². The van der Waals surface area contributed by atoms with Gasteiger partial charge in [-0.25, -0.2) is 0 Å². The highest BCUT2D eigenvalue weighted by Gasteiger charge is 2.55. The van der Waals surface area contributed by atoms with Crippen LogP contribution in [0.5, 0.6) is 0 Å². The Morgan fingerprint density at radius 2 is 2.06 bits per heavy atom. The maximum Gasteiger partial charge on any atom is 0.0494 e. The molecule has 0 bridgehead atoms. The summed E-state index contributed by atoms with van der Waals surface area (Å²) < 4.78 is 0. The second-order valence-electron chi connectivity index (χ2n) is 5.49. The first-order valence-electron chi connectivity index (χ1n) is 6.44. The van der Waals surface area contributed by atoms with Gasteiger partial charge in [0.1, 0.15) is 0 Å². The van der Waals surface area contributed by atoms with Crippen LogP contribution in [0.3, 0.4) is 0 Å². The zero-order valence-electron chi connectivity index (χ0n) is 10.1. The highest BCUT2D eigenvalue weighted by atomic mass is 35.5. The first kappa shape index (κ1) is 11.5. The summed E-state index contributed by atoms with van der Waals surface area (Å²) in [7, 11) is 0. The van der Waals surface area contributed by atoms with E-state index in [1.54, 1.807) is 0 Å². The normalized spacial score (nSPS) is 32.3. The Morgan fingerprint density at radius 1 is 1.35 bits per heavy atom. The van der Waals surface area contributed by atoms with E-state index in [9.17, 15) is 0 Å². The van der Waals surface area contributed by atoms with Crippen molar-refractivity contribution in [2.75, 3.05) is 0 Å². The van der Waals surface area contributed by atoms with Gasteiger partial charge in [0.15, 0.2) is 0 Å². The molecule has 0 aromatic heterocycles. The molecule has 0 saturated heterocycles. The summed E-state index contributed by atoms with van der Waals surface area (Å²) in [5, 5.41) is 0.841. The van der Waals surface area contributed by atoms with Crippen LogP contribution < -0.4 is 11.3 Å². The average Bonchev–Trinajstić information content (AvgIpc) is 2.79. The topological polar surface area (TPSA) is 38.0 Å². The molecule has 0 amide bonds. The zero-order chi connectivity index (χ0) is 12.0. The highest BCUT2D eigenvalue weighted by Crippen LogP contribution is 2.62. The Bertz CT molecular complexity index is 422. The summed E-state index contributed by atoms with van der Waals surface area (Å²) in [5.74, 6) is 8.27. The number of rotatable bonds is 3. The third kappa shape index (κ3) is 1.88. The van der Waals surface area contributed by atoms with Gasteiger partial charge < -0.3 is 0 Å². The van der Waals surface area contributed by atoms with Crippen molar-refractivity contribution in [3.63, 3.8) is 0 Å². The number of fused-ring (bicyclic) bond motifs is 1. The minimum atomic E-state index is 0.281. The largest absolute Gasteiger partial charge is 0.271 e. The smallest absolute Gasteiger partial charge is 0.0494 e. The predicted octanol–water partition coefficient (Wildman–Crippen LogP) is 3.20. The van der Waals surface area contributed by atoms with E-state index in [-0.39, 0.29) is 6.04 Å². The van der Waals surface area contributed by atoms with Gasteiger partial charge in [-0.1, -0.05) is 30.2 Å².